The van der Waals surface area contributed by atoms with Crippen molar-refractivity contribution in [1.82, 2.24) is 9.80 Å². The summed E-state index contributed by atoms with van der Waals surface area (Å²) in [7, 11) is 0. The van der Waals surface area contributed by atoms with Crippen molar-refractivity contribution in [1.29, 1.82) is 0 Å². The standard InChI is InChI=1S/C23H27ClN2O3/c1-17(7-8-18-5-3-2-4-6-18)25-10-9-23(27)26(12-11-25)15-19-13-21-22(14-20(19)24)29-16-28-21/h2-6,13-14,17H,7-12,15-16H2,1H3. The molecule has 0 spiro atoms. The van der Waals surface area contributed by atoms with Gasteiger partial charge in [0.25, 0.3) is 0 Å². The molecule has 1 unspecified atom stereocenters. The van der Waals surface area contributed by atoms with Crippen LogP contribution >= 0.6 is 11.6 Å². The normalized spacial score (nSPS) is 18.0. The minimum atomic E-state index is 0.177. The number of fused-ring (bicyclic) bond motifs is 1. The van der Waals surface area contributed by atoms with Gasteiger partial charge in [0.1, 0.15) is 0 Å². The molecule has 6 heteroatoms. The Kier molecular flexibility index (Phi) is 6.26. The van der Waals surface area contributed by atoms with Crippen LogP contribution in [0.15, 0.2) is 42.5 Å². The Hall–Kier alpha value is -2.24. The van der Waals surface area contributed by atoms with Gasteiger partial charge in [0, 0.05) is 49.7 Å². The number of benzene rings is 2. The number of carbonyl (C=O) groups is 1. The summed E-state index contributed by atoms with van der Waals surface area (Å²) in [5.74, 6) is 1.54. The number of amides is 1. The van der Waals surface area contributed by atoms with Crippen LogP contribution in [0.2, 0.25) is 5.02 Å². The number of nitrogens with zero attached hydrogens (tertiary/aromatic N) is 2. The van der Waals surface area contributed by atoms with Crippen molar-refractivity contribution in [2.45, 2.75) is 38.8 Å². The lowest BCUT2D eigenvalue weighted by Gasteiger charge is -2.28. The lowest BCUT2D eigenvalue weighted by molar-refractivity contribution is -0.130. The fourth-order valence-corrected chi connectivity index (χ4v) is 4.19. The Bertz CT molecular complexity index is 859. The number of hydrogen-bond acceptors (Lipinski definition) is 4. The van der Waals surface area contributed by atoms with Crippen molar-refractivity contribution in [2.75, 3.05) is 26.4 Å². The van der Waals surface area contributed by atoms with Gasteiger partial charge in [-0.05, 0) is 37.0 Å². The maximum absolute atomic E-state index is 12.7. The lowest BCUT2D eigenvalue weighted by Crippen LogP contribution is -2.37. The van der Waals surface area contributed by atoms with E-state index in [0.29, 0.717) is 42.1 Å². The van der Waals surface area contributed by atoms with Crippen molar-refractivity contribution in [2.24, 2.45) is 0 Å². The molecule has 0 bridgehead atoms. The summed E-state index contributed by atoms with van der Waals surface area (Å²) in [6.45, 7) is 5.37. The highest BCUT2D eigenvalue weighted by Gasteiger charge is 2.25. The van der Waals surface area contributed by atoms with Gasteiger partial charge in [0.15, 0.2) is 11.5 Å². The zero-order chi connectivity index (χ0) is 20.2. The fraction of sp³-hybridized carbons (Fsp3) is 0.435. The molecule has 4 rings (SSSR count). The van der Waals surface area contributed by atoms with Crippen molar-refractivity contribution >= 4 is 17.5 Å². The molecule has 0 radical (unpaired) electrons. The van der Waals surface area contributed by atoms with Crippen LogP contribution in [0, 0.1) is 0 Å². The van der Waals surface area contributed by atoms with Gasteiger partial charge in [-0.2, -0.15) is 0 Å². The minimum absolute atomic E-state index is 0.177. The van der Waals surface area contributed by atoms with Gasteiger partial charge in [-0.1, -0.05) is 41.9 Å². The molecule has 0 aliphatic carbocycles. The second-order valence-electron chi connectivity index (χ2n) is 7.77. The number of aryl methyl sites for hydroxylation is 1. The molecule has 2 heterocycles. The van der Waals surface area contributed by atoms with E-state index < -0.39 is 0 Å². The maximum Gasteiger partial charge on any atom is 0.231 e. The van der Waals surface area contributed by atoms with Crippen molar-refractivity contribution in [3.8, 4) is 11.5 Å². The van der Waals surface area contributed by atoms with Crippen molar-refractivity contribution < 1.29 is 14.3 Å². The van der Waals surface area contributed by atoms with E-state index in [1.165, 1.54) is 5.56 Å². The van der Waals surface area contributed by atoms with Crippen molar-refractivity contribution in [3.05, 3.63) is 58.6 Å². The van der Waals surface area contributed by atoms with Crippen LogP contribution in [0.3, 0.4) is 0 Å². The molecule has 2 aromatic carbocycles. The van der Waals surface area contributed by atoms with Crippen LogP contribution in [0.4, 0.5) is 0 Å². The Morgan fingerprint density at radius 1 is 1.07 bits per heavy atom. The van der Waals surface area contributed by atoms with E-state index >= 15 is 0 Å². The highest BCUT2D eigenvalue weighted by molar-refractivity contribution is 6.31. The summed E-state index contributed by atoms with van der Waals surface area (Å²) in [5, 5.41) is 0.611. The SMILES string of the molecule is CC(CCc1ccccc1)N1CCC(=O)N(Cc2cc3c(cc2Cl)OCO3)CC1. The zero-order valence-corrected chi connectivity index (χ0v) is 17.5. The lowest BCUT2D eigenvalue weighted by atomic mass is 10.1. The van der Waals surface area contributed by atoms with Crippen LogP contribution in [0.25, 0.3) is 0 Å². The van der Waals surface area contributed by atoms with Gasteiger partial charge in [-0.3, -0.25) is 9.69 Å². The number of carbonyl (C=O) groups excluding carboxylic acids is 1. The van der Waals surface area contributed by atoms with Crippen LogP contribution < -0.4 is 9.47 Å². The molecule has 1 fully saturated rings. The first-order valence-electron chi connectivity index (χ1n) is 10.2. The monoisotopic (exact) mass is 414 g/mol. The largest absolute Gasteiger partial charge is 0.454 e. The quantitative estimate of drug-likeness (QED) is 0.712. The first-order valence-corrected chi connectivity index (χ1v) is 10.6. The van der Waals surface area contributed by atoms with Crippen LogP contribution in [0.5, 0.6) is 11.5 Å². The molecule has 1 saturated heterocycles. The molecule has 1 atom stereocenters. The summed E-state index contributed by atoms with van der Waals surface area (Å²) in [6.07, 6.45) is 2.69. The van der Waals surface area contributed by atoms with E-state index in [0.717, 1.165) is 31.5 Å². The third-order valence-corrected chi connectivity index (χ3v) is 6.19. The molecule has 0 aromatic heterocycles. The van der Waals surface area contributed by atoms with Gasteiger partial charge in [-0.25, -0.2) is 0 Å². The van der Waals surface area contributed by atoms with Gasteiger partial charge in [-0.15, -0.1) is 0 Å². The minimum Gasteiger partial charge on any atom is -0.454 e. The van der Waals surface area contributed by atoms with Gasteiger partial charge >= 0.3 is 0 Å². The number of hydrogen-bond donors (Lipinski definition) is 0. The first-order chi connectivity index (χ1) is 14.1. The molecule has 2 aromatic rings. The fourth-order valence-electron chi connectivity index (χ4n) is 3.98. The predicted octanol–water partition coefficient (Wildman–Crippen LogP) is 4.12. The maximum atomic E-state index is 12.7. The molecular formula is C23H27ClN2O3. The zero-order valence-electron chi connectivity index (χ0n) is 16.8. The third kappa shape index (κ3) is 4.85. The Morgan fingerprint density at radius 2 is 1.83 bits per heavy atom. The van der Waals surface area contributed by atoms with Gasteiger partial charge < -0.3 is 14.4 Å². The Morgan fingerprint density at radius 3 is 2.62 bits per heavy atom. The van der Waals surface area contributed by atoms with Gasteiger partial charge in [0.2, 0.25) is 12.7 Å². The summed E-state index contributed by atoms with van der Waals surface area (Å²) in [6, 6.07) is 14.7. The van der Waals surface area contributed by atoms with E-state index in [2.05, 4.69) is 36.1 Å². The molecule has 29 heavy (non-hydrogen) atoms. The van der Waals surface area contributed by atoms with Crippen LogP contribution in [-0.2, 0) is 17.8 Å². The molecule has 0 saturated carbocycles. The molecule has 2 aliphatic rings. The Labute approximate surface area is 177 Å². The van der Waals surface area contributed by atoms with Crippen molar-refractivity contribution in [3.63, 3.8) is 0 Å². The average molecular weight is 415 g/mol. The summed E-state index contributed by atoms with van der Waals surface area (Å²) < 4.78 is 10.8. The summed E-state index contributed by atoms with van der Waals surface area (Å²) >= 11 is 6.41. The van der Waals surface area contributed by atoms with Crippen LogP contribution in [-0.4, -0.2) is 48.2 Å². The third-order valence-electron chi connectivity index (χ3n) is 5.84. The number of rotatable bonds is 6. The van der Waals surface area contributed by atoms with E-state index in [9.17, 15) is 4.79 Å². The average Bonchev–Trinajstić information content (AvgIpc) is 3.10. The van der Waals surface area contributed by atoms with E-state index in [-0.39, 0.29) is 12.7 Å². The number of halogens is 1. The predicted molar refractivity (Wildman–Crippen MR) is 113 cm³/mol. The second-order valence-corrected chi connectivity index (χ2v) is 8.18. The molecular weight excluding hydrogens is 388 g/mol. The molecule has 1 amide bonds. The summed E-state index contributed by atoms with van der Waals surface area (Å²) in [4.78, 5) is 17.1. The van der Waals surface area contributed by atoms with E-state index in [4.69, 9.17) is 21.1 Å². The number of ether oxygens (including phenoxy) is 2. The summed E-state index contributed by atoms with van der Waals surface area (Å²) in [5.41, 5.74) is 2.26. The first kappa shape index (κ1) is 20.0. The van der Waals surface area contributed by atoms with E-state index in [1.54, 1.807) is 6.07 Å². The van der Waals surface area contributed by atoms with E-state index in [1.807, 2.05) is 17.0 Å². The van der Waals surface area contributed by atoms with Gasteiger partial charge in [0.05, 0.1) is 0 Å². The second kappa shape index (κ2) is 9.06. The molecule has 154 valence electrons. The smallest absolute Gasteiger partial charge is 0.231 e. The molecule has 2 aliphatic heterocycles. The highest BCUT2D eigenvalue weighted by atomic mass is 35.5. The molecule has 5 nitrogen and oxygen atoms in total. The Balaban J connectivity index is 1.35. The molecule has 0 N–H and O–H groups in total. The van der Waals surface area contributed by atoms with Crippen LogP contribution in [0.1, 0.15) is 30.9 Å². The topological polar surface area (TPSA) is 42.0 Å². The highest BCUT2D eigenvalue weighted by Crippen LogP contribution is 2.37.